The van der Waals surface area contributed by atoms with Gasteiger partial charge in [0.15, 0.2) is 0 Å². The lowest BCUT2D eigenvalue weighted by atomic mass is 10.1. The highest BCUT2D eigenvalue weighted by molar-refractivity contribution is 6.01. The molecule has 0 bridgehead atoms. The second-order valence-corrected chi connectivity index (χ2v) is 7.40. The average molecular weight is 433 g/mol. The minimum absolute atomic E-state index is 0.0188. The van der Waals surface area contributed by atoms with Gasteiger partial charge in [-0.3, -0.25) is 14.4 Å². The summed E-state index contributed by atoms with van der Waals surface area (Å²) in [6.45, 7) is 1.85. The molecule has 1 atom stereocenters. The van der Waals surface area contributed by atoms with Crippen LogP contribution < -0.4 is 10.6 Å². The van der Waals surface area contributed by atoms with Crippen LogP contribution in [0.1, 0.15) is 24.5 Å². The first-order chi connectivity index (χ1) is 14.6. The normalized spacial score (nSPS) is 16.3. The van der Waals surface area contributed by atoms with Crippen molar-refractivity contribution in [3.8, 4) is 0 Å². The van der Waals surface area contributed by atoms with Crippen LogP contribution in [-0.2, 0) is 27.0 Å². The van der Waals surface area contributed by atoms with Crippen LogP contribution >= 0.6 is 0 Å². The van der Waals surface area contributed by atoms with Gasteiger partial charge < -0.3 is 15.5 Å². The van der Waals surface area contributed by atoms with Crippen LogP contribution in [-0.4, -0.2) is 35.7 Å². The smallest absolute Gasteiger partial charge is 0.342 e. The number of likely N-dealkylation sites (tertiary alicyclic amines) is 1. The fraction of sp³-hybridized carbons (Fsp3) is 0.318. The molecule has 1 unspecified atom stereocenters. The summed E-state index contributed by atoms with van der Waals surface area (Å²) in [5.74, 6) is -1.93. The summed E-state index contributed by atoms with van der Waals surface area (Å²) in [4.78, 5) is 37.9. The number of carbonyl (C=O) groups is 3. The molecule has 9 heteroatoms. The van der Waals surface area contributed by atoms with Crippen LogP contribution in [0, 0.1) is 5.92 Å². The average Bonchev–Trinajstić information content (AvgIpc) is 3.08. The fourth-order valence-electron chi connectivity index (χ4n) is 3.43. The van der Waals surface area contributed by atoms with E-state index in [4.69, 9.17) is 0 Å². The van der Waals surface area contributed by atoms with Crippen molar-refractivity contribution in [1.29, 1.82) is 0 Å². The molecule has 0 radical (unpaired) electrons. The second-order valence-electron chi connectivity index (χ2n) is 7.40. The number of rotatable bonds is 6. The molecule has 2 aromatic carbocycles. The molecular weight excluding hydrogens is 411 g/mol. The van der Waals surface area contributed by atoms with Gasteiger partial charge in [-0.05, 0) is 30.2 Å². The van der Waals surface area contributed by atoms with Crippen LogP contribution in [0.3, 0.4) is 0 Å². The quantitative estimate of drug-likeness (QED) is 0.729. The summed E-state index contributed by atoms with van der Waals surface area (Å²) < 4.78 is 39.2. The molecule has 6 nitrogen and oxygen atoms in total. The number of nitrogens with zero attached hydrogens (tertiary/aromatic N) is 1. The zero-order valence-corrected chi connectivity index (χ0v) is 16.8. The van der Waals surface area contributed by atoms with E-state index >= 15 is 0 Å². The predicted octanol–water partition coefficient (Wildman–Crippen LogP) is 3.69. The standard InChI is InChI=1S/C22H22F3N3O3/c1-14(29)26-18-8-7-17(22(23,24)25)12-19(18)27-21(31)16-11-20(30)28(13-16)10-9-15-5-3-2-4-6-15/h2-8,12,16H,9-11,13H2,1H3,(H,26,29)(H,27,31). The van der Waals surface area contributed by atoms with E-state index in [1.807, 2.05) is 30.3 Å². The van der Waals surface area contributed by atoms with Gasteiger partial charge in [0.25, 0.3) is 0 Å². The lowest BCUT2D eigenvalue weighted by Gasteiger charge is -2.18. The summed E-state index contributed by atoms with van der Waals surface area (Å²) in [5, 5.41) is 4.86. The largest absolute Gasteiger partial charge is 0.416 e. The third kappa shape index (κ3) is 5.84. The molecule has 164 valence electrons. The molecule has 0 aromatic heterocycles. The Labute approximate surface area is 177 Å². The van der Waals surface area contributed by atoms with Crippen molar-refractivity contribution in [3.63, 3.8) is 0 Å². The van der Waals surface area contributed by atoms with E-state index in [2.05, 4.69) is 10.6 Å². The first-order valence-electron chi connectivity index (χ1n) is 9.75. The Kier molecular flexibility index (Phi) is 6.62. The molecule has 1 fully saturated rings. The van der Waals surface area contributed by atoms with Crippen molar-refractivity contribution in [2.24, 2.45) is 5.92 Å². The minimum Gasteiger partial charge on any atom is -0.342 e. The second kappa shape index (κ2) is 9.20. The highest BCUT2D eigenvalue weighted by Crippen LogP contribution is 2.34. The number of halogens is 3. The number of alkyl halides is 3. The Morgan fingerprint density at radius 3 is 2.42 bits per heavy atom. The number of nitrogens with one attached hydrogen (secondary N) is 2. The number of anilines is 2. The summed E-state index contributed by atoms with van der Waals surface area (Å²) in [6, 6.07) is 12.3. The van der Waals surface area contributed by atoms with E-state index in [1.54, 1.807) is 4.90 Å². The van der Waals surface area contributed by atoms with Gasteiger partial charge in [0.2, 0.25) is 17.7 Å². The number of benzene rings is 2. The third-order valence-corrected chi connectivity index (χ3v) is 5.01. The molecule has 1 aliphatic heterocycles. The van der Waals surface area contributed by atoms with Gasteiger partial charge in [0.1, 0.15) is 0 Å². The highest BCUT2D eigenvalue weighted by atomic mass is 19.4. The SMILES string of the molecule is CC(=O)Nc1ccc(C(F)(F)F)cc1NC(=O)C1CC(=O)N(CCc2ccccc2)C1. The van der Waals surface area contributed by atoms with Crippen molar-refractivity contribution in [3.05, 3.63) is 59.7 Å². The van der Waals surface area contributed by atoms with Gasteiger partial charge in [-0.25, -0.2) is 0 Å². The van der Waals surface area contributed by atoms with Crippen molar-refractivity contribution in [2.45, 2.75) is 25.9 Å². The van der Waals surface area contributed by atoms with Crippen LogP contribution in [0.5, 0.6) is 0 Å². The molecule has 1 heterocycles. The van der Waals surface area contributed by atoms with Gasteiger partial charge in [-0.2, -0.15) is 13.2 Å². The van der Waals surface area contributed by atoms with Crippen LogP contribution in [0.2, 0.25) is 0 Å². The summed E-state index contributed by atoms with van der Waals surface area (Å²) >= 11 is 0. The Morgan fingerprint density at radius 1 is 1.06 bits per heavy atom. The van der Waals surface area contributed by atoms with Crippen molar-refractivity contribution in [1.82, 2.24) is 4.90 Å². The zero-order valence-electron chi connectivity index (χ0n) is 16.8. The molecule has 1 aliphatic rings. The lowest BCUT2D eigenvalue weighted by Crippen LogP contribution is -2.30. The van der Waals surface area contributed by atoms with Crippen LogP contribution in [0.4, 0.5) is 24.5 Å². The summed E-state index contributed by atoms with van der Waals surface area (Å²) in [7, 11) is 0. The first-order valence-corrected chi connectivity index (χ1v) is 9.75. The maximum Gasteiger partial charge on any atom is 0.416 e. The summed E-state index contributed by atoms with van der Waals surface area (Å²) in [5.41, 5.74) is 0.000297. The van der Waals surface area contributed by atoms with Crippen molar-refractivity contribution < 1.29 is 27.6 Å². The summed E-state index contributed by atoms with van der Waals surface area (Å²) in [6.07, 6.45) is -3.98. The minimum atomic E-state index is -4.61. The number of carbonyl (C=O) groups excluding carboxylic acids is 3. The molecule has 31 heavy (non-hydrogen) atoms. The maximum atomic E-state index is 13.1. The van der Waals surface area contributed by atoms with Crippen molar-refractivity contribution >= 4 is 29.1 Å². The van der Waals surface area contributed by atoms with Crippen LogP contribution in [0.15, 0.2) is 48.5 Å². The molecule has 0 saturated carbocycles. The Hall–Kier alpha value is -3.36. The van der Waals surface area contributed by atoms with E-state index < -0.39 is 29.5 Å². The monoisotopic (exact) mass is 433 g/mol. The highest BCUT2D eigenvalue weighted by Gasteiger charge is 2.35. The molecule has 0 spiro atoms. The molecular formula is C22H22F3N3O3. The third-order valence-electron chi connectivity index (χ3n) is 5.01. The number of hydrogen-bond donors (Lipinski definition) is 2. The predicted molar refractivity (Wildman–Crippen MR) is 109 cm³/mol. The Balaban J connectivity index is 1.69. The molecule has 0 aliphatic carbocycles. The maximum absolute atomic E-state index is 13.1. The fourth-order valence-corrected chi connectivity index (χ4v) is 3.43. The van der Waals surface area contributed by atoms with Gasteiger partial charge >= 0.3 is 6.18 Å². The molecule has 2 N–H and O–H groups in total. The van der Waals surface area contributed by atoms with E-state index in [1.165, 1.54) is 6.92 Å². The lowest BCUT2D eigenvalue weighted by molar-refractivity contribution is -0.137. The first kappa shape index (κ1) is 22.3. The van der Waals surface area contributed by atoms with Crippen molar-refractivity contribution in [2.75, 3.05) is 23.7 Å². The topological polar surface area (TPSA) is 78.5 Å². The molecule has 3 amide bonds. The van der Waals surface area contributed by atoms with Gasteiger partial charge in [-0.15, -0.1) is 0 Å². The zero-order chi connectivity index (χ0) is 22.6. The molecule has 1 saturated heterocycles. The molecule has 3 rings (SSSR count). The number of amides is 3. The van der Waals surface area contributed by atoms with Crippen LogP contribution in [0.25, 0.3) is 0 Å². The molecule has 2 aromatic rings. The Bertz CT molecular complexity index is 977. The van der Waals surface area contributed by atoms with Gasteiger partial charge in [0, 0.05) is 26.4 Å². The van der Waals surface area contributed by atoms with E-state index in [0.717, 1.165) is 23.8 Å². The van der Waals surface area contributed by atoms with E-state index in [-0.39, 0.29) is 30.2 Å². The number of hydrogen-bond acceptors (Lipinski definition) is 3. The van der Waals surface area contributed by atoms with Gasteiger partial charge in [0.05, 0.1) is 22.9 Å². The Morgan fingerprint density at radius 2 is 1.77 bits per heavy atom. The van der Waals surface area contributed by atoms with Gasteiger partial charge in [-0.1, -0.05) is 30.3 Å². The van der Waals surface area contributed by atoms with E-state index in [0.29, 0.717) is 13.0 Å². The van der Waals surface area contributed by atoms with E-state index in [9.17, 15) is 27.6 Å².